The minimum Gasteiger partial charge on any atom is -0.444 e. The Morgan fingerprint density at radius 3 is 2.41 bits per heavy atom. The molecule has 1 amide bonds. The van der Waals surface area contributed by atoms with Crippen LogP contribution in [0.2, 0.25) is 0 Å². The summed E-state index contributed by atoms with van der Waals surface area (Å²) in [6.45, 7) is 9.34. The number of aromatic nitrogens is 3. The van der Waals surface area contributed by atoms with Gasteiger partial charge in [0, 0.05) is 49.7 Å². The Hall–Kier alpha value is -2.57. The second kappa shape index (κ2) is 7.35. The fourth-order valence-corrected chi connectivity index (χ4v) is 4.62. The Kier molecular flexibility index (Phi) is 5.00. The molecule has 0 spiro atoms. The first-order chi connectivity index (χ1) is 13.7. The number of pyridine rings is 1. The van der Waals surface area contributed by atoms with E-state index in [2.05, 4.69) is 21.5 Å². The van der Waals surface area contributed by atoms with Crippen LogP contribution in [0, 0.1) is 18.8 Å². The summed E-state index contributed by atoms with van der Waals surface area (Å²) in [5, 5.41) is 7.98. The molecule has 4 rings (SSSR count). The van der Waals surface area contributed by atoms with E-state index in [0.717, 1.165) is 48.6 Å². The number of nitrogens with one attached hydrogen (secondary N) is 1. The summed E-state index contributed by atoms with van der Waals surface area (Å²) in [7, 11) is 1.93. The van der Waals surface area contributed by atoms with Crippen molar-refractivity contribution in [1.29, 1.82) is 0 Å². The Labute approximate surface area is 172 Å². The van der Waals surface area contributed by atoms with Gasteiger partial charge in [-0.2, -0.15) is 5.10 Å². The van der Waals surface area contributed by atoms with Gasteiger partial charge in [-0.25, -0.2) is 9.78 Å². The number of hydrogen-bond donors (Lipinski definition) is 1. The molecule has 156 valence electrons. The fourth-order valence-electron chi connectivity index (χ4n) is 4.62. The molecule has 0 radical (unpaired) electrons. The summed E-state index contributed by atoms with van der Waals surface area (Å²) in [5.74, 6) is 1.99. The first-order valence-electron chi connectivity index (χ1n) is 10.4. The van der Waals surface area contributed by atoms with Gasteiger partial charge in [-0.3, -0.25) is 4.68 Å². The van der Waals surface area contributed by atoms with E-state index in [1.807, 2.05) is 62.8 Å². The summed E-state index contributed by atoms with van der Waals surface area (Å²) in [6.07, 6.45) is 5.88. The zero-order valence-electron chi connectivity index (χ0n) is 18.0. The maximum atomic E-state index is 12.3. The molecule has 29 heavy (non-hydrogen) atoms. The van der Waals surface area contributed by atoms with Gasteiger partial charge in [0.15, 0.2) is 0 Å². The molecule has 1 saturated heterocycles. The number of amides is 1. The lowest BCUT2D eigenvalue weighted by Gasteiger charge is -2.25. The van der Waals surface area contributed by atoms with E-state index < -0.39 is 5.60 Å². The van der Waals surface area contributed by atoms with Crippen LogP contribution in [0.5, 0.6) is 0 Å². The standard InChI is InChI=1S/C22H31N5O2/c1-14-19(13-26(5)25-14)15-6-7-20(23-10-15)24-18-8-16-11-27(12-17(16)9-18)21(28)29-22(2,3)4/h6-7,10,13,16-18H,8-9,11-12H2,1-5H3,(H,23,24)/t16-,17?,18?/m1/s1. The molecule has 0 aromatic carbocycles. The molecular formula is C22H31N5O2. The van der Waals surface area contributed by atoms with Crippen LogP contribution in [0.25, 0.3) is 11.1 Å². The minimum atomic E-state index is -0.439. The fraction of sp³-hybridized carbons (Fsp3) is 0.591. The predicted molar refractivity (Wildman–Crippen MR) is 113 cm³/mol. The van der Waals surface area contributed by atoms with Crippen molar-refractivity contribution in [3.8, 4) is 11.1 Å². The number of hydrogen-bond acceptors (Lipinski definition) is 5. The van der Waals surface area contributed by atoms with Gasteiger partial charge in [0.1, 0.15) is 11.4 Å². The molecule has 3 atom stereocenters. The van der Waals surface area contributed by atoms with Gasteiger partial charge in [0.2, 0.25) is 0 Å². The van der Waals surface area contributed by atoms with Crippen LogP contribution in [0.1, 0.15) is 39.3 Å². The van der Waals surface area contributed by atoms with Crippen molar-refractivity contribution < 1.29 is 9.53 Å². The van der Waals surface area contributed by atoms with Gasteiger partial charge in [-0.15, -0.1) is 0 Å². The van der Waals surface area contributed by atoms with Crippen molar-refractivity contribution in [3.63, 3.8) is 0 Å². The highest BCUT2D eigenvalue weighted by atomic mass is 16.6. The first kappa shape index (κ1) is 19.7. The highest BCUT2D eigenvalue weighted by Gasteiger charge is 2.43. The highest BCUT2D eigenvalue weighted by molar-refractivity contribution is 5.68. The maximum Gasteiger partial charge on any atom is 0.410 e. The highest BCUT2D eigenvalue weighted by Crippen LogP contribution is 2.39. The lowest BCUT2D eigenvalue weighted by atomic mass is 10.0. The monoisotopic (exact) mass is 397 g/mol. The van der Waals surface area contributed by atoms with Gasteiger partial charge in [-0.1, -0.05) is 0 Å². The van der Waals surface area contributed by atoms with Crippen LogP contribution in [0.3, 0.4) is 0 Å². The number of ether oxygens (including phenoxy) is 1. The number of fused-ring (bicyclic) bond motifs is 1. The average molecular weight is 398 g/mol. The van der Waals surface area contributed by atoms with Crippen LogP contribution >= 0.6 is 0 Å². The smallest absolute Gasteiger partial charge is 0.410 e. The molecule has 2 aromatic rings. The number of anilines is 1. The zero-order valence-corrected chi connectivity index (χ0v) is 18.0. The largest absolute Gasteiger partial charge is 0.444 e. The zero-order chi connectivity index (χ0) is 20.8. The molecule has 2 fully saturated rings. The lowest BCUT2D eigenvalue weighted by Crippen LogP contribution is -2.36. The molecular weight excluding hydrogens is 366 g/mol. The summed E-state index contributed by atoms with van der Waals surface area (Å²) in [4.78, 5) is 18.8. The lowest BCUT2D eigenvalue weighted by molar-refractivity contribution is 0.0280. The maximum absolute atomic E-state index is 12.3. The Bertz CT molecular complexity index is 870. The molecule has 1 saturated carbocycles. The SMILES string of the molecule is Cc1nn(C)cc1-c1ccc(NC2CC3CN(C(=O)OC(C)(C)C)C[C@H]3C2)nc1. The molecule has 2 aromatic heterocycles. The van der Waals surface area contributed by atoms with Gasteiger partial charge < -0.3 is 15.0 Å². The number of rotatable bonds is 3. The van der Waals surface area contributed by atoms with Gasteiger partial charge in [0.25, 0.3) is 0 Å². The molecule has 1 aliphatic carbocycles. The normalized spacial score (nSPS) is 23.9. The molecule has 3 heterocycles. The Balaban J connectivity index is 1.32. The third kappa shape index (κ3) is 4.38. The van der Waals surface area contributed by atoms with Crippen LogP contribution < -0.4 is 5.32 Å². The number of nitrogens with zero attached hydrogens (tertiary/aromatic N) is 4. The van der Waals surface area contributed by atoms with Crippen LogP contribution in [-0.4, -0.2) is 50.5 Å². The molecule has 1 N–H and O–H groups in total. The van der Waals surface area contributed by atoms with E-state index in [9.17, 15) is 4.79 Å². The summed E-state index contributed by atoms with van der Waals surface area (Å²) in [6, 6.07) is 4.55. The Morgan fingerprint density at radius 1 is 1.21 bits per heavy atom. The molecule has 0 bridgehead atoms. The van der Waals surface area contributed by atoms with Crippen molar-refractivity contribution in [1.82, 2.24) is 19.7 Å². The molecule has 1 aliphatic heterocycles. The summed E-state index contributed by atoms with van der Waals surface area (Å²) in [5.41, 5.74) is 2.76. The third-order valence-electron chi connectivity index (χ3n) is 5.84. The average Bonchev–Trinajstić information content (AvgIpc) is 3.27. The van der Waals surface area contributed by atoms with Crippen molar-refractivity contribution in [2.45, 2.75) is 52.2 Å². The number of likely N-dealkylation sites (tertiary alicyclic amines) is 1. The third-order valence-corrected chi connectivity index (χ3v) is 5.84. The van der Waals surface area contributed by atoms with E-state index in [4.69, 9.17) is 4.74 Å². The van der Waals surface area contributed by atoms with E-state index >= 15 is 0 Å². The van der Waals surface area contributed by atoms with E-state index in [0.29, 0.717) is 17.9 Å². The molecule has 7 nitrogen and oxygen atoms in total. The Morgan fingerprint density at radius 2 is 1.90 bits per heavy atom. The molecule has 2 unspecified atom stereocenters. The summed E-state index contributed by atoms with van der Waals surface area (Å²) >= 11 is 0. The minimum absolute atomic E-state index is 0.181. The molecule has 2 aliphatic rings. The quantitative estimate of drug-likeness (QED) is 0.852. The number of carbonyl (C=O) groups excluding carboxylic acids is 1. The van der Waals surface area contributed by atoms with Gasteiger partial charge >= 0.3 is 6.09 Å². The molecule has 7 heteroatoms. The van der Waals surface area contributed by atoms with Crippen molar-refractivity contribution in [3.05, 3.63) is 30.2 Å². The van der Waals surface area contributed by atoms with E-state index in [-0.39, 0.29) is 6.09 Å². The van der Waals surface area contributed by atoms with Crippen LogP contribution in [0.4, 0.5) is 10.6 Å². The van der Waals surface area contributed by atoms with Crippen LogP contribution in [0.15, 0.2) is 24.5 Å². The number of aryl methyl sites for hydroxylation is 2. The first-order valence-corrected chi connectivity index (χ1v) is 10.4. The van der Waals surface area contributed by atoms with E-state index in [1.165, 1.54) is 0 Å². The van der Waals surface area contributed by atoms with Gasteiger partial charge in [-0.05, 0) is 64.5 Å². The van der Waals surface area contributed by atoms with E-state index in [1.54, 1.807) is 0 Å². The predicted octanol–water partition coefficient (Wildman–Crippen LogP) is 3.85. The second-order valence-corrected chi connectivity index (χ2v) is 9.45. The van der Waals surface area contributed by atoms with Crippen molar-refractivity contribution in [2.24, 2.45) is 18.9 Å². The topological polar surface area (TPSA) is 72.3 Å². The van der Waals surface area contributed by atoms with Crippen molar-refractivity contribution >= 4 is 11.9 Å². The summed E-state index contributed by atoms with van der Waals surface area (Å²) < 4.78 is 7.35. The van der Waals surface area contributed by atoms with Crippen molar-refractivity contribution in [2.75, 3.05) is 18.4 Å². The number of carbonyl (C=O) groups is 1. The van der Waals surface area contributed by atoms with Crippen LogP contribution in [-0.2, 0) is 11.8 Å². The second-order valence-electron chi connectivity index (χ2n) is 9.45. The van der Waals surface area contributed by atoms with Gasteiger partial charge in [0.05, 0.1) is 5.69 Å².